The summed E-state index contributed by atoms with van der Waals surface area (Å²) in [6.45, 7) is 6.68. The van der Waals surface area contributed by atoms with Crippen LogP contribution in [0.3, 0.4) is 0 Å². The first-order valence-electron chi connectivity index (χ1n) is 13.2. The second-order valence-corrected chi connectivity index (χ2v) is 14.0. The first-order valence-corrected chi connectivity index (χ1v) is 15.7. The van der Waals surface area contributed by atoms with Gasteiger partial charge in [-0.2, -0.15) is 13.2 Å². The number of alkyl halides is 4. The number of sulfonamides is 1. The Bertz CT molecular complexity index is 1660. The molecular formula is C26H28F6N6O5S2. The van der Waals surface area contributed by atoms with E-state index >= 15 is 0 Å². The van der Waals surface area contributed by atoms with Crippen molar-refractivity contribution in [1.29, 1.82) is 0 Å². The lowest BCUT2D eigenvalue weighted by molar-refractivity contribution is -0.106. The van der Waals surface area contributed by atoms with Crippen molar-refractivity contribution < 1.29 is 49.0 Å². The fraction of sp³-hybridized carbons (Fsp3) is 0.462. The van der Waals surface area contributed by atoms with E-state index in [1.165, 1.54) is 21.9 Å². The van der Waals surface area contributed by atoms with Gasteiger partial charge in [0.1, 0.15) is 16.6 Å². The number of carbonyl (C=O) groups is 1. The first-order chi connectivity index (χ1) is 20.8. The summed E-state index contributed by atoms with van der Waals surface area (Å²) in [4.78, 5) is 26.7. The van der Waals surface area contributed by atoms with E-state index in [1.807, 2.05) is 0 Å². The molecule has 1 amide bonds. The van der Waals surface area contributed by atoms with E-state index < -0.39 is 68.9 Å². The molecule has 2 N–H and O–H groups in total. The van der Waals surface area contributed by atoms with Gasteiger partial charge < -0.3 is 19.7 Å². The Morgan fingerprint density at radius 3 is 2.51 bits per heavy atom. The molecule has 0 saturated carbocycles. The Morgan fingerprint density at radius 1 is 1.13 bits per heavy atom. The molecule has 4 rings (SSSR count). The third kappa shape index (κ3) is 9.56. The van der Waals surface area contributed by atoms with Gasteiger partial charge in [0.2, 0.25) is 21.9 Å². The van der Waals surface area contributed by atoms with Gasteiger partial charge in [0.05, 0.1) is 22.9 Å². The van der Waals surface area contributed by atoms with Gasteiger partial charge in [0.15, 0.2) is 23.1 Å². The Hall–Kier alpha value is -3.87. The Kier molecular flexibility index (Phi) is 9.72. The molecule has 2 aromatic heterocycles. The van der Waals surface area contributed by atoms with Crippen molar-refractivity contribution in [3.05, 3.63) is 41.0 Å². The van der Waals surface area contributed by atoms with E-state index in [2.05, 4.69) is 20.3 Å². The molecule has 11 nitrogen and oxygen atoms in total. The van der Waals surface area contributed by atoms with Crippen LogP contribution < -0.4 is 14.8 Å². The number of amides is 1. The highest BCUT2D eigenvalue weighted by molar-refractivity contribution is 7.92. The highest BCUT2D eigenvalue weighted by Crippen LogP contribution is 2.39. The number of piperidine rings is 1. The van der Waals surface area contributed by atoms with Gasteiger partial charge in [-0.3, -0.25) is 4.72 Å². The summed E-state index contributed by atoms with van der Waals surface area (Å²) < 4.78 is 117. The third-order valence-corrected chi connectivity index (χ3v) is 8.04. The van der Waals surface area contributed by atoms with Crippen LogP contribution in [0.25, 0.3) is 10.6 Å². The van der Waals surface area contributed by atoms with Crippen LogP contribution in [0.5, 0.6) is 11.6 Å². The largest absolute Gasteiger partial charge is 0.444 e. The van der Waals surface area contributed by atoms with Gasteiger partial charge in [0.25, 0.3) is 0 Å². The van der Waals surface area contributed by atoms with Crippen molar-refractivity contribution in [3.63, 3.8) is 0 Å². The fourth-order valence-electron chi connectivity index (χ4n) is 4.20. The predicted octanol–water partition coefficient (Wildman–Crippen LogP) is 6.04. The monoisotopic (exact) mass is 682 g/mol. The molecule has 0 spiro atoms. The molecule has 19 heteroatoms. The maximum atomic E-state index is 14.8. The van der Waals surface area contributed by atoms with E-state index in [9.17, 15) is 39.6 Å². The number of aryl methyl sites for hydroxylation is 1. The van der Waals surface area contributed by atoms with Crippen LogP contribution in [0, 0.1) is 18.6 Å². The minimum atomic E-state index is -5.11. The number of anilines is 2. The lowest BCUT2D eigenvalue weighted by Gasteiger charge is -2.36. The molecule has 246 valence electrons. The van der Waals surface area contributed by atoms with Gasteiger partial charge in [-0.05, 0) is 33.8 Å². The standard InChI is InChI=1S/C26H28F6N6O5S2/c1-13-34-22(42-20-9-16(28)19(8-17(20)29)37-45(40,41)12-26(30,31)32)21(44-13)18-5-6-33-23(36-18)35-15-7-14(27)10-38(11-15)24(39)43-25(2,3)4/h5-6,8-9,14-15,37H,7,10-12H2,1-4H3,(H,33,35,36)/t14-,15-/m0/s1. The number of likely N-dealkylation sites (tertiary alicyclic amines) is 1. The summed E-state index contributed by atoms with van der Waals surface area (Å²) in [6.07, 6.45) is -5.66. The Morgan fingerprint density at radius 2 is 1.84 bits per heavy atom. The van der Waals surface area contributed by atoms with E-state index in [-0.39, 0.29) is 41.9 Å². The zero-order chi connectivity index (χ0) is 33.3. The summed E-state index contributed by atoms with van der Waals surface area (Å²) in [5.74, 6) is -5.87. The van der Waals surface area contributed by atoms with Gasteiger partial charge in [0, 0.05) is 37.3 Å². The summed E-state index contributed by atoms with van der Waals surface area (Å²) in [5, 5.41) is 3.43. The van der Waals surface area contributed by atoms with Crippen LogP contribution in [0.4, 0.5) is 42.8 Å². The van der Waals surface area contributed by atoms with E-state index in [4.69, 9.17) is 9.47 Å². The molecule has 3 aromatic rings. The molecule has 1 aliphatic rings. The van der Waals surface area contributed by atoms with E-state index in [0.29, 0.717) is 17.1 Å². The van der Waals surface area contributed by atoms with Gasteiger partial charge >= 0.3 is 12.3 Å². The van der Waals surface area contributed by atoms with Crippen molar-refractivity contribution in [3.8, 4) is 22.2 Å². The number of ether oxygens (including phenoxy) is 2. The summed E-state index contributed by atoms with van der Waals surface area (Å²) in [7, 11) is -5.08. The average Bonchev–Trinajstić information content (AvgIpc) is 3.24. The maximum absolute atomic E-state index is 14.8. The summed E-state index contributed by atoms with van der Waals surface area (Å²) >= 11 is 1.08. The molecule has 3 heterocycles. The molecule has 0 bridgehead atoms. The minimum Gasteiger partial charge on any atom is -0.444 e. The SMILES string of the molecule is Cc1nc(Oc2cc(F)c(NS(=O)(=O)CC(F)(F)F)cc2F)c(-c2ccnc(N[C@H]3C[C@H](F)CN(C(=O)OC(C)(C)C)C3)n2)s1. The smallest absolute Gasteiger partial charge is 0.410 e. The van der Waals surface area contributed by atoms with Crippen LogP contribution >= 0.6 is 11.3 Å². The average molecular weight is 683 g/mol. The fourth-order valence-corrected chi connectivity index (χ4v) is 6.01. The highest BCUT2D eigenvalue weighted by Gasteiger charge is 2.36. The number of carbonyl (C=O) groups excluding carboxylic acids is 1. The van der Waals surface area contributed by atoms with Crippen LogP contribution in [0.2, 0.25) is 0 Å². The highest BCUT2D eigenvalue weighted by atomic mass is 32.2. The Balaban J connectivity index is 1.52. The number of rotatable bonds is 8. The zero-order valence-corrected chi connectivity index (χ0v) is 25.8. The quantitative estimate of drug-likeness (QED) is 0.273. The number of thiazole rings is 1. The number of hydrogen-bond donors (Lipinski definition) is 2. The second-order valence-electron chi connectivity index (χ2n) is 11.0. The maximum Gasteiger partial charge on any atom is 0.410 e. The van der Waals surface area contributed by atoms with Crippen molar-refractivity contribution in [2.24, 2.45) is 0 Å². The van der Waals surface area contributed by atoms with Crippen LogP contribution in [-0.4, -0.2) is 77.2 Å². The van der Waals surface area contributed by atoms with Crippen LogP contribution in [0.1, 0.15) is 32.2 Å². The lowest BCUT2D eigenvalue weighted by Crippen LogP contribution is -2.51. The van der Waals surface area contributed by atoms with Crippen LogP contribution in [-0.2, 0) is 14.8 Å². The molecule has 45 heavy (non-hydrogen) atoms. The number of benzene rings is 1. The summed E-state index contributed by atoms with van der Waals surface area (Å²) in [5.41, 5.74) is -1.58. The zero-order valence-electron chi connectivity index (χ0n) is 24.2. The minimum absolute atomic E-state index is 0.0636. The molecule has 1 aliphatic heterocycles. The molecule has 1 aromatic carbocycles. The molecular weight excluding hydrogens is 654 g/mol. The van der Waals surface area contributed by atoms with Crippen LogP contribution in [0.15, 0.2) is 24.4 Å². The van der Waals surface area contributed by atoms with Crippen molar-refractivity contribution in [1.82, 2.24) is 19.9 Å². The topological polar surface area (TPSA) is 136 Å². The number of nitrogens with zero attached hydrogens (tertiary/aromatic N) is 4. The Labute approximate surface area is 258 Å². The van der Waals surface area contributed by atoms with E-state index in [0.717, 1.165) is 11.3 Å². The van der Waals surface area contributed by atoms with Crippen molar-refractivity contribution in [2.45, 2.75) is 58.1 Å². The molecule has 0 aliphatic carbocycles. The number of nitrogens with one attached hydrogen (secondary N) is 2. The number of hydrogen-bond acceptors (Lipinski definition) is 10. The predicted molar refractivity (Wildman–Crippen MR) is 153 cm³/mol. The third-order valence-electron chi connectivity index (χ3n) is 5.82. The van der Waals surface area contributed by atoms with Gasteiger partial charge in [-0.1, -0.05) is 0 Å². The molecule has 1 saturated heterocycles. The molecule has 2 atom stereocenters. The lowest BCUT2D eigenvalue weighted by atomic mass is 10.0. The van der Waals surface area contributed by atoms with Crippen molar-refractivity contribution in [2.75, 3.05) is 28.9 Å². The second kappa shape index (κ2) is 12.9. The molecule has 1 fully saturated rings. The molecule has 0 unspecified atom stereocenters. The molecule has 0 radical (unpaired) electrons. The summed E-state index contributed by atoms with van der Waals surface area (Å²) in [6, 6.07) is 1.71. The number of aromatic nitrogens is 3. The van der Waals surface area contributed by atoms with Gasteiger partial charge in [-0.15, -0.1) is 11.3 Å². The van der Waals surface area contributed by atoms with E-state index in [1.54, 1.807) is 27.7 Å². The van der Waals surface area contributed by atoms with Gasteiger partial charge in [-0.25, -0.2) is 41.3 Å². The first kappa shape index (κ1) is 34.0. The normalized spacial score (nSPS) is 17.6. The number of halogens is 6. The van der Waals surface area contributed by atoms with Crippen molar-refractivity contribution >= 4 is 39.1 Å².